The van der Waals surface area contributed by atoms with Crippen LogP contribution in [0.25, 0.3) is 21.8 Å². The minimum atomic E-state index is 0.912. The summed E-state index contributed by atoms with van der Waals surface area (Å²) in [6.45, 7) is 8.91. The van der Waals surface area contributed by atoms with Gasteiger partial charge < -0.3 is 4.57 Å². The summed E-state index contributed by atoms with van der Waals surface area (Å²) in [6, 6.07) is 27.9. The minimum absolute atomic E-state index is 0.912. The van der Waals surface area contributed by atoms with E-state index in [2.05, 4.69) is 83.4 Å². The Morgan fingerprint density at radius 3 is 1.46 bits per heavy atom. The van der Waals surface area contributed by atoms with Gasteiger partial charge in [0, 0.05) is 28.4 Å². The molecule has 0 fully saturated rings. The summed E-state index contributed by atoms with van der Waals surface area (Å²) >= 11 is 0. The van der Waals surface area contributed by atoms with Crippen LogP contribution in [0.1, 0.15) is 33.3 Å². The molecule has 0 spiro atoms. The lowest BCUT2D eigenvalue weighted by molar-refractivity contribution is 0.869. The summed E-state index contributed by atoms with van der Waals surface area (Å²) in [5.74, 6) is 0. The van der Waals surface area contributed by atoms with E-state index in [9.17, 15) is 0 Å². The molecular formula is C23H27N. The van der Waals surface area contributed by atoms with Crippen LogP contribution in [0.15, 0.2) is 78.9 Å². The number of aromatic nitrogens is 1. The van der Waals surface area contributed by atoms with E-state index in [1.165, 1.54) is 27.4 Å². The Morgan fingerprint density at radius 1 is 0.542 bits per heavy atom. The van der Waals surface area contributed by atoms with Crippen molar-refractivity contribution >= 4 is 21.8 Å². The average Bonchev–Trinajstić information content (AvgIpc) is 3.00. The molecule has 4 aromatic rings. The summed E-state index contributed by atoms with van der Waals surface area (Å²) in [4.78, 5) is 0. The first-order valence-electron chi connectivity index (χ1n) is 8.93. The number of hydrogen-bond acceptors (Lipinski definition) is 0. The van der Waals surface area contributed by atoms with E-state index in [4.69, 9.17) is 0 Å². The fourth-order valence-corrected chi connectivity index (χ4v) is 2.94. The second-order valence-electron chi connectivity index (χ2n) is 5.11. The smallest absolute Gasteiger partial charge is 0.0494 e. The van der Waals surface area contributed by atoms with Gasteiger partial charge in [-0.2, -0.15) is 0 Å². The molecule has 0 saturated heterocycles. The molecule has 1 nitrogen and oxygen atoms in total. The van der Waals surface area contributed by atoms with E-state index in [-0.39, 0.29) is 0 Å². The normalized spacial score (nSPS) is 9.83. The van der Waals surface area contributed by atoms with E-state index < -0.39 is 0 Å². The number of rotatable bonds is 2. The fourth-order valence-electron chi connectivity index (χ4n) is 2.94. The van der Waals surface area contributed by atoms with Gasteiger partial charge in [0.2, 0.25) is 0 Å². The van der Waals surface area contributed by atoms with Gasteiger partial charge in [0.05, 0.1) is 0 Å². The topological polar surface area (TPSA) is 4.93 Å². The van der Waals surface area contributed by atoms with E-state index in [0.717, 1.165) is 6.54 Å². The van der Waals surface area contributed by atoms with Crippen LogP contribution in [0.3, 0.4) is 0 Å². The van der Waals surface area contributed by atoms with Crippen LogP contribution in [-0.2, 0) is 6.54 Å². The molecule has 0 unspecified atom stereocenters. The minimum Gasteiger partial charge on any atom is -0.336 e. The molecule has 0 amide bonds. The van der Waals surface area contributed by atoms with Crippen molar-refractivity contribution in [2.75, 3.05) is 0 Å². The highest BCUT2D eigenvalue weighted by Crippen LogP contribution is 2.29. The third-order valence-corrected chi connectivity index (χ3v) is 3.86. The van der Waals surface area contributed by atoms with E-state index in [0.29, 0.717) is 0 Å². The van der Waals surface area contributed by atoms with Crippen molar-refractivity contribution in [2.24, 2.45) is 0 Å². The largest absolute Gasteiger partial charge is 0.336 e. The number of hydrogen-bond donors (Lipinski definition) is 0. The van der Waals surface area contributed by atoms with E-state index in [1.807, 2.05) is 27.7 Å². The Kier molecular flexibility index (Phi) is 6.62. The molecule has 0 bridgehead atoms. The zero-order valence-corrected chi connectivity index (χ0v) is 15.2. The second kappa shape index (κ2) is 8.93. The molecule has 0 saturated carbocycles. The molecule has 0 radical (unpaired) electrons. The van der Waals surface area contributed by atoms with Crippen molar-refractivity contribution in [3.05, 3.63) is 84.4 Å². The highest BCUT2D eigenvalue weighted by Gasteiger charge is 2.09. The summed E-state index contributed by atoms with van der Waals surface area (Å²) in [7, 11) is 0. The fraction of sp³-hybridized carbons (Fsp3) is 0.217. The molecule has 0 atom stereocenters. The molecule has 4 rings (SSSR count). The molecule has 124 valence electrons. The third-order valence-electron chi connectivity index (χ3n) is 3.86. The van der Waals surface area contributed by atoms with Crippen molar-refractivity contribution in [3.8, 4) is 0 Å². The summed E-state index contributed by atoms with van der Waals surface area (Å²) < 4.78 is 2.40. The van der Waals surface area contributed by atoms with Crippen molar-refractivity contribution in [1.82, 2.24) is 4.57 Å². The number of nitrogens with zero attached hydrogens (tertiary/aromatic N) is 1. The standard InChI is InChI=1S/C19H15N.2C2H6/c1-2-8-15(9-3-1)14-20-18-12-6-4-10-16(18)17-11-5-7-13-19(17)20;2*1-2/h1-13H,14H2;2*1-2H3. The van der Waals surface area contributed by atoms with Gasteiger partial charge in [0.1, 0.15) is 0 Å². The number of benzene rings is 3. The van der Waals surface area contributed by atoms with Crippen molar-refractivity contribution in [1.29, 1.82) is 0 Å². The predicted octanol–water partition coefficient (Wildman–Crippen LogP) is 6.90. The lowest BCUT2D eigenvalue weighted by Gasteiger charge is -2.07. The first-order chi connectivity index (χ1) is 11.9. The molecule has 1 aromatic heterocycles. The van der Waals surface area contributed by atoms with Crippen LogP contribution in [-0.4, -0.2) is 4.57 Å². The molecule has 0 N–H and O–H groups in total. The SMILES string of the molecule is CC.CC.c1ccc(Cn2c3ccccc3c3ccccc32)cc1. The molecule has 1 heteroatoms. The molecule has 1 heterocycles. The monoisotopic (exact) mass is 317 g/mol. The highest BCUT2D eigenvalue weighted by molar-refractivity contribution is 6.08. The zero-order chi connectivity index (χ0) is 17.4. The van der Waals surface area contributed by atoms with Crippen LogP contribution >= 0.6 is 0 Å². The molecule has 24 heavy (non-hydrogen) atoms. The Bertz CT molecular complexity index is 819. The third kappa shape index (κ3) is 3.51. The maximum Gasteiger partial charge on any atom is 0.0494 e. The van der Waals surface area contributed by atoms with Crippen LogP contribution in [0.2, 0.25) is 0 Å². The van der Waals surface area contributed by atoms with E-state index >= 15 is 0 Å². The summed E-state index contributed by atoms with van der Waals surface area (Å²) in [5, 5.41) is 2.66. The molecular weight excluding hydrogens is 290 g/mol. The Hall–Kier alpha value is -2.54. The Balaban J connectivity index is 0.000000487. The predicted molar refractivity (Wildman–Crippen MR) is 108 cm³/mol. The van der Waals surface area contributed by atoms with Crippen LogP contribution in [0.5, 0.6) is 0 Å². The molecule has 0 aliphatic heterocycles. The summed E-state index contributed by atoms with van der Waals surface area (Å²) in [5.41, 5.74) is 3.94. The van der Waals surface area contributed by atoms with Crippen LogP contribution in [0.4, 0.5) is 0 Å². The van der Waals surface area contributed by atoms with Gasteiger partial charge in [-0.3, -0.25) is 0 Å². The zero-order valence-electron chi connectivity index (χ0n) is 15.2. The van der Waals surface area contributed by atoms with Gasteiger partial charge in [-0.15, -0.1) is 0 Å². The Morgan fingerprint density at radius 2 is 0.958 bits per heavy atom. The second-order valence-corrected chi connectivity index (χ2v) is 5.11. The maximum atomic E-state index is 2.40. The van der Waals surface area contributed by atoms with Gasteiger partial charge in [-0.1, -0.05) is 94.4 Å². The van der Waals surface area contributed by atoms with Crippen LogP contribution in [0, 0.1) is 0 Å². The van der Waals surface area contributed by atoms with Gasteiger partial charge >= 0.3 is 0 Å². The van der Waals surface area contributed by atoms with Crippen molar-refractivity contribution < 1.29 is 0 Å². The highest BCUT2D eigenvalue weighted by atomic mass is 15.0. The lowest BCUT2D eigenvalue weighted by Crippen LogP contribution is -1.98. The maximum absolute atomic E-state index is 2.40. The molecule has 3 aromatic carbocycles. The summed E-state index contributed by atoms with van der Waals surface area (Å²) in [6.07, 6.45) is 0. The number of fused-ring (bicyclic) bond motifs is 3. The number of para-hydroxylation sites is 2. The first-order valence-corrected chi connectivity index (χ1v) is 8.93. The van der Waals surface area contributed by atoms with Crippen LogP contribution < -0.4 is 0 Å². The molecule has 0 aliphatic rings. The Labute approximate surface area is 145 Å². The van der Waals surface area contributed by atoms with Gasteiger partial charge in [-0.05, 0) is 17.7 Å². The van der Waals surface area contributed by atoms with Crippen molar-refractivity contribution in [2.45, 2.75) is 34.2 Å². The van der Waals surface area contributed by atoms with Gasteiger partial charge in [0.25, 0.3) is 0 Å². The quantitative estimate of drug-likeness (QED) is 0.379. The van der Waals surface area contributed by atoms with Crippen molar-refractivity contribution in [3.63, 3.8) is 0 Å². The van der Waals surface area contributed by atoms with E-state index in [1.54, 1.807) is 0 Å². The molecule has 0 aliphatic carbocycles. The lowest BCUT2D eigenvalue weighted by atomic mass is 10.2. The first kappa shape index (κ1) is 17.8. The van der Waals surface area contributed by atoms with Gasteiger partial charge in [-0.25, -0.2) is 0 Å². The van der Waals surface area contributed by atoms with Gasteiger partial charge in [0.15, 0.2) is 0 Å². The average molecular weight is 317 g/mol.